The number of carbonyl (C=O) groups excluding carboxylic acids is 1. The summed E-state index contributed by atoms with van der Waals surface area (Å²) in [6.45, 7) is 4.13. The van der Waals surface area contributed by atoms with Crippen molar-refractivity contribution in [2.75, 3.05) is 20.1 Å². The molecule has 1 saturated heterocycles. The lowest BCUT2D eigenvalue weighted by molar-refractivity contribution is -0.112. The van der Waals surface area contributed by atoms with Crippen molar-refractivity contribution >= 4 is 12.5 Å². The highest BCUT2D eigenvalue weighted by molar-refractivity contribution is 5.71. The summed E-state index contributed by atoms with van der Waals surface area (Å²) < 4.78 is 0. The van der Waals surface area contributed by atoms with Gasteiger partial charge in [0, 0.05) is 38.5 Å². The van der Waals surface area contributed by atoms with E-state index in [2.05, 4.69) is 29.1 Å². The summed E-state index contributed by atoms with van der Waals surface area (Å²) >= 11 is 0. The van der Waals surface area contributed by atoms with Crippen LogP contribution in [0, 0.1) is 5.92 Å². The lowest BCUT2D eigenvalue weighted by Crippen LogP contribution is -2.30. The predicted octanol–water partition coefficient (Wildman–Crippen LogP) is 2.45. The number of nitrogens with zero attached hydrogens (tertiary/aromatic N) is 2. The molecule has 0 amide bonds. The third kappa shape index (κ3) is 4.98. The molecule has 17 heavy (non-hydrogen) atoms. The lowest BCUT2D eigenvalue weighted by Gasteiger charge is -2.29. The number of allylic oxidation sites excluding steroid dienone is 3. The summed E-state index contributed by atoms with van der Waals surface area (Å²) in [5.41, 5.74) is 1.30. The van der Waals surface area contributed by atoms with Crippen LogP contribution in [0.2, 0.25) is 0 Å². The van der Waals surface area contributed by atoms with Crippen LogP contribution in [0.25, 0.3) is 0 Å². The minimum atomic E-state index is 0.271. The SMILES string of the molecule is CCC(/C=C\C=NC)=C\N1CCC(C=O)CC1. The van der Waals surface area contributed by atoms with Gasteiger partial charge in [0.2, 0.25) is 0 Å². The second kappa shape index (κ2) is 7.82. The molecule has 0 aromatic carbocycles. The number of hydrogen-bond donors (Lipinski definition) is 0. The molecule has 0 spiro atoms. The zero-order valence-electron chi connectivity index (χ0n) is 10.8. The molecule has 1 aliphatic rings. The van der Waals surface area contributed by atoms with Crippen LogP contribution >= 0.6 is 0 Å². The lowest BCUT2D eigenvalue weighted by atomic mass is 9.99. The van der Waals surface area contributed by atoms with E-state index < -0.39 is 0 Å². The molecule has 0 aromatic heterocycles. The highest BCUT2D eigenvalue weighted by atomic mass is 16.1. The molecule has 1 rings (SSSR count). The van der Waals surface area contributed by atoms with Crippen LogP contribution in [0.15, 0.2) is 28.9 Å². The Kier molecular flexibility index (Phi) is 6.30. The van der Waals surface area contributed by atoms with E-state index in [4.69, 9.17) is 0 Å². The monoisotopic (exact) mass is 234 g/mol. The van der Waals surface area contributed by atoms with Crippen LogP contribution in [0.3, 0.4) is 0 Å². The molecular formula is C14H22N2O. The Morgan fingerprint density at radius 2 is 2.12 bits per heavy atom. The molecule has 0 saturated carbocycles. The molecule has 3 heteroatoms. The van der Waals surface area contributed by atoms with Crippen molar-refractivity contribution in [1.82, 2.24) is 4.90 Å². The van der Waals surface area contributed by atoms with Crippen molar-refractivity contribution < 1.29 is 4.79 Å². The van der Waals surface area contributed by atoms with Gasteiger partial charge in [0.1, 0.15) is 6.29 Å². The third-order valence-corrected chi connectivity index (χ3v) is 3.07. The van der Waals surface area contributed by atoms with Crippen molar-refractivity contribution in [3.05, 3.63) is 23.9 Å². The van der Waals surface area contributed by atoms with Gasteiger partial charge in [0.05, 0.1) is 0 Å². The number of aldehydes is 1. The maximum absolute atomic E-state index is 10.7. The van der Waals surface area contributed by atoms with Crippen molar-refractivity contribution in [2.24, 2.45) is 10.9 Å². The number of carbonyl (C=O) groups is 1. The first-order valence-corrected chi connectivity index (χ1v) is 6.29. The minimum Gasteiger partial charge on any atom is -0.377 e. The second-order valence-corrected chi connectivity index (χ2v) is 4.33. The Hall–Kier alpha value is -1.38. The zero-order chi connectivity index (χ0) is 12.5. The van der Waals surface area contributed by atoms with Crippen LogP contribution in [-0.4, -0.2) is 37.5 Å². The Labute approximate surface area is 104 Å². The minimum absolute atomic E-state index is 0.271. The molecule has 0 unspecified atom stereocenters. The molecule has 0 atom stereocenters. The van der Waals surface area contributed by atoms with Gasteiger partial charge in [-0.15, -0.1) is 0 Å². The largest absolute Gasteiger partial charge is 0.377 e. The predicted molar refractivity (Wildman–Crippen MR) is 72.3 cm³/mol. The molecule has 0 bridgehead atoms. The topological polar surface area (TPSA) is 32.7 Å². The van der Waals surface area contributed by atoms with Crippen molar-refractivity contribution in [1.29, 1.82) is 0 Å². The summed E-state index contributed by atoms with van der Waals surface area (Å²) in [4.78, 5) is 16.9. The number of likely N-dealkylation sites (tertiary alicyclic amines) is 1. The van der Waals surface area contributed by atoms with E-state index in [0.29, 0.717) is 0 Å². The first-order chi connectivity index (χ1) is 8.30. The van der Waals surface area contributed by atoms with Gasteiger partial charge in [0.25, 0.3) is 0 Å². The third-order valence-electron chi connectivity index (χ3n) is 3.07. The van der Waals surface area contributed by atoms with Gasteiger partial charge in [-0.2, -0.15) is 0 Å². The standard InChI is InChI=1S/C14H22N2O/c1-3-13(5-4-8-15-2)11-16-9-6-14(12-17)7-10-16/h4-5,8,11-12,14H,3,6-7,9-10H2,1-2H3/b5-4-,13-11+,15-8?. The molecule has 3 nitrogen and oxygen atoms in total. The number of hydrogen-bond acceptors (Lipinski definition) is 3. The summed E-state index contributed by atoms with van der Waals surface area (Å²) in [5.74, 6) is 0.271. The molecule has 1 fully saturated rings. The molecule has 1 heterocycles. The number of rotatable bonds is 5. The van der Waals surface area contributed by atoms with Crippen molar-refractivity contribution in [2.45, 2.75) is 26.2 Å². The molecule has 1 aliphatic heterocycles. The molecule has 0 aromatic rings. The average molecular weight is 234 g/mol. The van der Waals surface area contributed by atoms with Crippen LogP contribution in [-0.2, 0) is 4.79 Å². The van der Waals surface area contributed by atoms with E-state index >= 15 is 0 Å². The first-order valence-electron chi connectivity index (χ1n) is 6.29. The van der Waals surface area contributed by atoms with E-state index in [1.54, 1.807) is 13.3 Å². The quantitative estimate of drug-likeness (QED) is 0.416. The van der Waals surface area contributed by atoms with Crippen LogP contribution in [0.1, 0.15) is 26.2 Å². The maximum atomic E-state index is 10.7. The summed E-state index contributed by atoms with van der Waals surface area (Å²) in [6.07, 6.45) is 12.1. The Bertz CT molecular complexity index is 310. The fourth-order valence-electron chi connectivity index (χ4n) is 1.92. The van der Waals surface area contributed by atoms with Crippen molar-refractivity contribution in [3.63, 3.8) is 0 Å². The van der Waals surface area contributed by atoms with E-state index in [9.17, 15) is 4.79 Å². The van der Waals surface area contributed by atoms with Gasteiger partial charge in [0.15, 0.2) is 0 Å². The van der Waals surface area contributed by atoms with Gasteiger partial charge < -0.3 is 9.69 Å². The van der Waals surface area contributed by atoms with E-state index in [-0.39, 0.29) is 5.92 Å². The van der Waals surface area contributed by atoms with Gasteiger partial charge in [-0.1, -0.05) is 13.0 Å². The van der Waals surface area contributed by atoms with E-state index in [1.807, 2.05) is 6.08 Å². The van der Waals surface area contributed by atoms with E-state index in [0.717, 1.165) is 38.6 Å². The van der Waals surface area contributed by atoms with Gasteiger partial charge >= 0.3 is 0 Å². The summed E-state index contributed by atoms with van der Waals surface area (Å²) in [6, 6.07) is 0. The summed E-state index contributed by atoms with van der Waals surface area (Å²) in [7, 11) is 1.77. The smallest absolute Gasteiger partial charge is 0.123 e. The first kappa shape index (κ1) is 13.7. The van der Waals surface area contributed by atoms with Gasteiger partial charge in [-0.3, -0.25) is 4.99 Å². The highest BCUT2D eigenvalue weighted by Crippen LogP contribution is 2.16. The zero-order valence-corrected chi connectivity index (χ0v) is 10.8. The van der Waals surface area contributed by atoms with Crippen LogP contribution in [0.5, 0.6) is 0 Å². The Morgan fingerprint density at radius 3 is 2.65 bits per heavy atom. The number of piperidine rings is 1. The fourth-order valence-corrected chi connectivity index (χ4v) is 1.92. The second-order valence-electron chi connectivity index (χ2n) is 4.33. The Balaban J connectivity index is 2.51. The van der Waals surface area contributed by atoms with Crippen LogP contribution in [0.4, 0.5) is 0 Å². The van der Waals surface area contributed by atoms with Gasteiger partial charge in [-0.25, -0.2) is 0 Å². The normalized spacial score (nSPS) is 19.4. The van der Waals surface area contributed by atoms with Gasteiger partial charge in [-0.05, 0) is 30.9 Å². The highest BCUT2D eigenvalue weighted by Gasteiger charge is 2.16. The number of aliphatic imine (C=N–C) groups is 1. The maximum Gasteiger partial charge on any atom is 0.123 e. The summed E-state index contributed by atoms with van der Waals surface area (Å²) in [5, 5.41) is 0. The Morgan fingerprint density at radius 1 is 1.41 bits per heavy atom. The van der Waals surface area contributed by atoms with Crippen LogP contribution < -0.4 is 0 Å². The molecular weight excluding hydrogens is 212 g/mol. The average Bonchev–Trinajstić information content (AvgIpc) is 2.38. The molecule has 94 valence electrons. The van der Waals surface area contributed by atoms with Crippen molar-refractivity contribution in [3.8, 4) is 0 Å². The van der Waals surface area contributed by atoms with E-state index in [1.165, 1.54) is 5.57 Å². The fraction of sp³-hybridized carbons (Fsp3) is 0.571. The molecule has 0 aliphatic carbocycles. The molecule has 0 radical (unpaired) electrons. The molecule has 0 N–H and O–H groups in total.